The number of anilines is 1. The largest absolute Gasteiger partial charge is 0.352 e. The quantitative estimate of drug-likeness (QED) is 0.237. The summed E-state index contributed by atoms with van der Waals surface area (Å²) in [4.78, 5) is 40.2. The molecule has 1 saturated carbocycles. The maximum atomic E-state index is 14.2. The number of carbonyl (C=O) groups is 2. The Morgan fingerprint density at radius 2 is 1.67 bits per heavy atom. The van der Waals surface area contributed by atoms with Gasteiger partial charge >= 0.3 is 0 Å². The molecule has 1 aliphatic rings. The van der Waals surface area contributed by atoms with Gasteiger partial charge < -0.3 is 10.2 Å². The van der Waals surface area contributed by atoms with Gasteiger partial charge in [-0.2, -0.15) is 0 Å². The monoisotopic (exact) mass is 610 g/mol. The van der Waals surface area contributed by atoms with Crippen molar-refractivity contribution in [3.8, 4) is 0 Å². The molecule has 0 heterocycles. The average Bonchev–Trinajstić information content (AvgIpc) is 3.48. The molecule has 3 aromatic rings. The molecular formula is C31H35FN4O6S. The first-order valence-corrected chi connectivity index (χ1v) is 15.9. The molecule has 1 N–H and O–H groups in total. The first kappa shape index (κ1) is 31.6. The minimum atomic E-state index is -4.10. The zero-order valence-corrected chi connectivity index (χ0v) is 24.9. The van der Waals surface area contributed by atoms with E-state index in [-0.39, 0.29) is 36.3 Å². The number of non-ortho nitro benzene ring substituents is 1. The number of hydrogen-bond donors (Lipinski definition) is 1. The van der Waals surface area contributed by atoms with Crippen LogP contribution in [0.2, 0.25) is 0 Å². The number of nitrogens with zero attached hydrogens (tertiary/aromatic N) is 3. The molecule has 10 nitrogen and oxygen atoms in total. The number of nitrogens with one attached hydrogen (secondary N) is 1. The highest BCUT2D eigenvalue weighted by atomic mass is 32.2. The van der Waals surface area contributed by atoms with Crippen molar-refractivity contribution in [3.63, 3.8) is 0 Å². The Bertz CT molecular complexity index is 1560. The molecule has 1 aliphatic carbocycles. The van der Waals surface area contributed by atoms with Gasteiger partial charge in [0.15, 0.2) is 0 Å². The highest BCUT2D eigenvalue weighted by Crippen LogP contribution is 2.28. The van der Waals surface area contributed by atoms with Gasteiger partial charge in [-0.25, -0.2) is 12.8 Å². The molecule has 0 bridgehead atoms. The predicted octanol–water partition coefficient (Wildman–Crippen LogP) is 4.51. The summed E-state index contributed by atoms with van der Waals surface area (Å²) in [6.07, 6.45) is 4.68. The standard InChI is InChI=1S/C31H35FN4O6S/c1-22-12-17-27(36(39)40)19-28(22)35(43(2,41)42)21-30(37)34(20-24-13-15-25(32)16-14-24)29(18-23-8-4-3-5-9-23)31(38)33-26-10-6-7-11-26/h3-5,8-9,12-17,19,26,29H,6-7,10-11,18,20-21H2,1-2H3,(H,33,38)/t29-/m0/s1. The summed E-state index contributed by atoms with van der Waals surface area (Å²) in [5, 5.41) is 14.5. The summed E-state index contributed by atoms with van der Waals surface area (Å²) in [6, 6.07) is 17.4. The minimum absolute atomic E-state index is 0.0122. The van der Waals surface area contributed by atoms with Crippen molar-refractivity contribution in [2.45, 2.75) is 57.7 Å². The van der Waals surface area contributed by atoms with Crippen LogP contribution in [-0.4, -0.2) is 54.9 Å². The van der Waals surface area contributed by atoms with Crippen molar-refractivity contribution < 1.29 is 27.3 Å². The van der Waals surface area contributed by atoms with Crippen LogP contribution in [0.25, 0.3) is 0 Å². The zero-order valence-electron chi connectivity index (χ0n) is 24.1. The Balaban J connectivity index is 1.76. The number of carbonyl (C=O) groups excluding carboxylic acids is 2. The summed E-state index contributed by atoms with van der Waals surface area (Å²) < 4.78 is 40.6. The third-order valence-corrected chi connectivity index (χ3v) is 8.72. The Morgan fingerprint density at radius 1 is 1.02 bits per heavy atom. The SMILES string of the molecule is Cc1ccc([N+](=O)[O-])cc1N(CC(=O)N(Cc1ccc(F)cc1)[C@@H](Cc1ccccc1)C(=O)NC1CCCC1)S(C)(=O)=O. The van der Waals surface area contributed by atoms with Gasteiger partial charge in [0.2, 0.25) is 21.8 Å². The van der Waals surface area contributed by atoms with Crippen LogP contribution in [0.4, 0.5) is 15.8 Å². The number of sulfonamides is 1. The zero-order chi connectivity index (χ0) is 31.1. The third-order valence-electron chi connectivity index (χ3n) is 7.59. The van der Waals surface area contributed by atoms with E-state index in [0.29, 0.717) is 11.1 Å². The number of benzene rings is 3. The molecule has 228 valence electrons. The van der Waals surface area contributed by atoms with Gasteiger partial charge in [0.05, 0.1) is 16.9 Å². The first-order valence-electron chi connectivity index (χ1n) is 14.0. The second kappa shape index (κ2) is 13.8. The molecule has 4 rings (SSSR count). The Morgan fingerprint density at radius 3 is 2.28 bits per heavy atom. The third kappa shape index (κ3) is 8.38. The molecule has 1 atom stereocenters. The van der Waals surface area contributed by atoms with E-state index in [1.807, 2.05) is 30.3 Å². The molecule has 3 aromatic carbocycles. The lowest BCUT2D eigenvalue weighted by Gasteiger charge is -2.34. The molecule has 0 aromatic heterocycles. The van der Waals surface area contributed by atoms with E-state index in [2.05, 4.69) is 5.32 Å². The Kier molecular flexibility index (Phi) is 10.1. The highest BCUT2D eigenvalue weighted by Gasteiger charge is 2.34. The van der Waals surface area contributed by atoms with E-state index < -0.39 is 39.3 Å². The molecule has 0 aliphatic heterocycles. The maximum absolute atomic E-state index is 14.2. The van der Waals surface area contributed by atoms with Crippen molar-refractivity contribution in [2.75, 3.05) is 17.1 Å². The normalized spacial score (nSPS) is 14.2. The van der Waals surface area contributed by atoms with E-state index in [0.717, 1.165) is 47.9 Å². The van der Waals surface area contributed by atoms with Crippen molar-refractivity contribution in [2.24, 2.45) is 0 Å². The molecule has 43 heavy (non-hydrogen) atoms. The van der Waals surface area contributed by atoms with Crippen molar-refractivity contribution >= 4 is 33.2 Å². The van der Waals surface area contributed by atoms with Gasteiger partial charge in [-0.05, 0) is 48.6 Å². The summed E-state index contributed by atoms with van der Waals surface area (Å²) in [6.45, 7) is 0.787. The van der Waals surface area contributed by atoms with Crippen LogP contribution in [0.5, 0.6) is 0 Å². The second-order valence-corrected chi connectivity index (χ2v) is 12.7. The van der Waals surface area contributed by atoms with E-state index in [9.17, 15) is 32.5 Å². The van der Waals surface area contributed by atoms with Crippen LogP contribution in [0.15, 0.2) is 72.8 Å². The van der Waals surface area contributed by atoms with Crippen molar-refractivity contribution in [3.05, 3.63) is 105 Å². The molecule has 12 heteroatoms. The van der Waals surface area contributed by atoms with Crippen molar-refractivity contribution in [1.82, 2.24) is 10.2 Å². The summed E-state index contributed by atoms with van der Waals surface area (Å²) >= 11 is 0. The molecule has 2 amide bonds. The number of halogens is 1. The lowest BCUT2D eigenvalue weighted by molar-refractivity contribution is -0.384. The number of nitro groups is 1. The topological polar surface area (TPSA) is 130 Å². The van der Waals surface area contributed by atoms with E-state index in [1.165, 1.54) is 41.3 Å². The van der Waals surface area contributed by atoms with Gasteiger partial charge in [0.25, 0.3) is 5.69 Å². The Labute approximate surface area is 250 Å². The van der Waals surface area contributed by atoms with Crippen LogP contribution < -0.4 is 9.62 Å². The van der Waals surface area contributed by atoms with Gasteiger partial charge in [-0.15, -0.1) is 0 Å². The molecule has 0 spiro atoms. The van der Waals surface area contributed by atoms with Crippen LogP contribution in [0.3, 0.4) is 0 Å². The fraction of sp³-hybridized carbons (Fsp3) is 0.355. The minimum Gasteiger partial charge on any atom is -0.352 e. The summed E-state index contributed by atoms with van der Waals surface area (Å²) in [7, 11) is -4.10. The first-order chi connectivity index (χ1) is 20.4. The Hall–Kier alpha value is -4.32. The number of amides is 2. The smallest absolute Gasteiger partial charge is 0.271 e. The van der Waals surface area contributed by atoms with E-state index >= 15 is 0 Å². The fourth-order valence-electron chi connectivity index (χ4n) is 5.28. The van der Waals surface area contributed by atoms with Gasteiger partial charge in [-0.1, -0.05) is 61.4 Å². The number of aryl methyl sites for hydroxylation is 1. The van der Waals surface area contributed by atoms with E-state index in [4.69, 9.17) is 0 Å². The lowest BCUT2D eigenvalue weighted by Crippen LogP contribution is -2.54. The maximum Gasteiger partial charge on any atom is 0.271 e. The molecule has 0 saturated heterocycles. The molecular weight excluding hydrogens is 575 g/mol. The van der Waals surface area contributed by atoms with Gasteiger partial charge in [-0.3, -0.25) is 24.0 Å². The fourth-order valence-corrected chi connectivity index (χ4v) is 6.18. The molecule has 0 unspecified atom stereocenters. The molecule has 1 fully saturated rings. The van der Waals surface area contributed by atoms with E-state index in [1.54, 1.807) is 6.92 Å². The van der Waals surface area contributed by atoms with Gasteiger partial charge in [0, 0.05) is 31.1 Å². The van der Waals surface area contributed by atoms with Crippen molar-refractivity contribution in [1.29, 1.82) is 0 Å². The van der Waals surface area contributed by atoms with Crippen LogP contribution >= 0.6 is 0 Å². The van der Waals surface area contributed by atoms with Crippen LogP contribution in [0.1, 0.15) is 42.4 Å². The average molecular weight is 611 g/mol. The number of rotatable bonds is 12. The van der Waals surface area contributed by atoms with Crippen LogP contribution in [-0.2, 0) is 32.6 Å². The van der Waals surface area contributed by atoms with Gasteiger partial charge in [0.1, 0.15) is 18.4 Å². The molecule has 0 radical (unpaired) electrons. The predicted molar refractivity (Wildman–Crippen MR) is 161 cm³/mol. The number of hydrogen-bond acceptors (Lipinski definition) is 6. The van der Waals surface area contributed by atoms with Crippen LogP contribution in [0, 0.1) is 22.9 Å². The lowest BCUT2D eigenvalue weighted by atomic mass is 10.0. The highest BCUT2D eigenvalue weighted by molar-refractivity contribution is 7.92. The number of nitro benzene ring substituents is 1. The summed E-state index contributed by atoms with van der Waals surface area (Å²) in [5.74, 6) is -1.53. The summed E-state index contributed by atoms with van der Waals surface area (Å²) in [5.41, 5.74) is 1.40. The second-order valence-electron chi connectivity index (χ2n) is 10.8.